The van der Waals surface area contributed by atoms with Gasteiger partial charge >= 0.3 is 0 Å². The summed E-state index contributed by atoms with van der Waals surface area (Å²) in [4.78, 5) is 18.4. The van der Waals surface area contributed by atoms with E-state index in [4.69, 9.17) is 0 Å². The van der Waals surface area contributed by atoms with Crippen molar-refractivity contribution in [2.75, 3.05) is 23.3 Å². The van der Waals surface area contributed by atoms with Crippen LogP contribution in [0.3, 0.4) is 0 Å². The summed E-state index contributed by atoms with van der Waals surface area (Å²) in [5, 5.41) is 10.5. The molecule has 0 aliphatic carbocycles. The molecule has 1 aliphatic heterocycles. The van der Waals surface area contributed by atoms with Gasteiger partial charge in [0.1, 0.15) is 23.0 Å². The summed E-state index contributed by atoms with van der Waals surface area (Å²) in [6.07, 6.45) is 2.11. The fourth-order valence-corrected chi connectivity index (χ4v) is 3.65. The van der Waals surface area contributed by atoms with Crippen molar-refractivity contribution < 1.29 is 13.6 Å². The Morgan fingerprint density at radius 2 is 2.04 bits per heavy atom. The molecular weight excluding hydrogens is 372 g/mol. The lowest BCUT2D eigenvalue weighted by molar-refractivity contribution is 0.102. The molecule has 6 nitrogen and oxygen atoms in total. The number of nitrogens with one attached hydrogen (secondary N) is 1. The second-order valence-corrected chi connectivity index (χ2v) is 7.00. The fraction of sp³-hybridized carbons (Fsp3) is 0.222. The maximum absolute atomic E-state index is 14.0. The van der Waals surface area contributed by atoms with Crippen molar-refractivity contribution in [2.24, 2.45) is 0 Å². The number of carbonyl (C=O) groups excluding carboxylic acids is 1. The molecule has 1 atom stereocenters. The highest BCUT2D eigenvalue weighted by molar-refractivity contribution is 7.13. The summed E-state index contributed by atoms with van der Waals surface area (Å²) < 4.78 is 28.0. The number of rotatable bonds is 4. The molecule has 0 radical (unpaired) electrons. The van der Waals surface area contributed by atoms with E-state index in [0.29, 0.717) is 36.0 Å². The van der Waals surface area contributed by atoms with Crippen LogP contribution in [0.25, 0.3) is 0 Å². The first-order valence-corrected chi connectivity index (χ1v) is 9.22. The molecule has 1 amide bonds. The monoisotopic (exact) mass is 387 g/mol. The molecule has 1 unspecified atom stereocenters. The predicted molar refractivity (Wildman–Crippen MR) is 98.0 cm³/mol. The third kappa shape index (κ3) is 3.63. The Balaban J connectivity index is 1.45. The van der Waals surface area contributed by atoms with Crippen LogP contribution >= 0.6 is 11.3 Å². The van der Waals surface area contributed by atoms with Crippen LogP contribution in [0, 0.1) is 11.6 Å². The molecule has 4 rings (SSSR count). The average molecular weight is 387 g/mol. The highest BCUT2D eigenvalue weighted by atomic mass is 32.1. The quantitative estimate of drug-likeness (QED) is 0.742. The van der Waals surface area contributed by atoms with Crippen molar-refractivity contribution in [2.45, 2.75) is 12.3 Å². The number of amides is 1. The molecular formula is C18H15F2N5OS. The molecule has 138 valence electrons. The zero-order valence-corrected chi connectivity index (χ0v) is 14.9. The van der Waals surface area contributed by atoms with Gasteiger partial charge in [-0.2, -0.15) is 0 Å². The van der Waals surface area contributed by atoms with E-state index in [1.165, 1.54) is 41.2 Å². The number of hydrogen-bond acceptors (Lipinski definition) is 6. The maximum atomic E-state index is 14.0. The van der Waals surface area contributed by atoms with Crippen LogP contribution in [0.1, 0.15) is 28.3 Å². The minimum absolute atomic E-state index is 0.132. The number of carbonyl (C=O) groups is 1. The predicted octanol–water partition coefficient (Wildman–Crippen LogP) is 3.46. The molecule has 0 bridgehead atoms. The van der Waals surface area contributed by atoms with Gasteiger partial charge in [0.25, 0.3) is 5.91 Å². The van der Waals surface area contributed by atoms with Gasteiger partial charge in [0.2, 0.25) is 5.13 Å². The van der Waals surface area contributed by atoms with E-state index < -0.39 is 11.6 Å². The van der Waals surface area contributed by atoms with E-state index in [-0.39, 0.29) is 17.4 Å². The number of nitrogens with zero attached hydrogens (tertiary/aromatic N) is 4. The summed E-state index contributed by atoms with van der Waals surface area (Å²) >= 11 is 1.23. The highest BCUT2D eigenvalue weighted by Gasteiger charge is 2.29. The zero-order chi connectivity index (χ0) is 18.8. The molecule has 0 saturated carbocycles. The summed E-state index contributed by atoms with van der Waals surface area (Å²) in [6.45, 7) is 1.11. The van der Waals surface area contributed by atoms with Crippen LogP contribution in [0.5, 0.6) is 0 Å². The standard InChI is InChI=1S/C18H15F2N5OS/c19-13-2-1-3-14(20)16(13)12-6-7-25(9-12)15-5-4-11(8-21-15)17(26)23-18-24-22-10-27-18/h1-5,8,10,12H,6-7,9H2,(H,23,24,26). The first kappa shape index (κ1) is 17.5. The van der Waals surface area contributed by atoms with Crippen molar-refractivity contribution >= 4 is 28.2 Å². The van der Waals surface area contributed by atoms with Gasteiger partial charge in [0.05, 0.1) is 5.56 Å². The van der Waals surface area contributed by atoms with Gasteiger partial charge in [-0.25, -0.2) is 13.8 Å². The van der Waals surface area contributed by atoms with Crippen molar-refractivity contribution in [3.05, 3.63) is 64.8 Å². The van der Waals surface area contributed by atoms with E-state index in [2.05, 4.69) is 20.5 Å². The van der Waals surface area contributed by atoms with Crippen LogP contribution < -0.4 is 10.2 Å². The van der Waals surface area contributed by atoms with Crippen LogP contribution in [-0.4, -0.2) is 34.2 Å². The Bertz CT molecular complexity index is 929. The van der Waals surface area contributed by atoms with E-state index in [1.807, 2.05) is 4.90 Å². The number of benzene rings is 1. The van der Waals surface area contributed by atoms with Gasteiger partial charge in [-0.15, -0.1) is 10.2 Å². The van der Waals surface area contributed by atoms with Gasteiger partial charge < -0.3 is 4.90 Å². The third-order valence-electron chi connectivity index (χ3n) is 4.51. The Morgan fingerprint density at radius 3 is 2.70 bits per heavy atom. The van der Waals surface area contributed by atoms with Crippen LogP contribution in [0.2, 0.25) is 0 Å². The Kier molecular flexibility index (Phi) is 4.76. The minimum Gasteiger partial charge on any atom is -0.356 e. The molecule has 9 heteroatoms. The number of anilines is 2. The summed E-state index contributed by atoms with van der Waals surface area (Å²) in [5.41, 5.74) is 2.05. The number of halogens is 2. The van der Waals surface area contributed by atoms with E-state index >= 15 is 0 Å². The lowest BCUT2D eigenvalue weighted by Gasteiger charge is -2.18. The summed E-state index contributed by atoms with van der Waals surface area (Å²) in [6, 6.07) is 7.33. The van der Waals surface area contributed by atoms with Crippen molar-refractivity contribution in [3.63, 3.8) is 0 Å². The van der Waals surface area contributed by atoms with Crippen LogP contribution in [0.4, 0.5) is 19.7 Å². The zero-order valence-electron chi connectivity index (χ0n) is 14.1. The number of hydrogen-bond donors (Lipinski definition) is 1. The molecule has 1 aromatic carbocycles. The molecule has 1 saturated heterocycles. The van der Waals surface area contributed by atoms with Crippen molar-refractivity contribution in [1.82, 2.24) is 15.2 Å². The molecule has 2 aromatic heterocycles. The normalized spacial score (nSPS) is 16.5. The van der Waals surface area contributed by atoms with Crippen molar-refractivity contribution in [1.29, 1.82) is 0 Å². The first-order chi connectivity index (χ1) is 13.1. The summed E-state index contributed by atoms with van der Waals surface area (Å²) in [5.74, 6) is -0.911. The molecule has 3 aromatic rings. The molecule has 1 aliphatic rings. The smallest absolute Gasteiger partial charge is 0.259 e. The van der Waals surface area contributed by atoms with Gasteiger partial charge in [0.15, 0.2) is 0 Å². The highest BCUT2D eigenvalue weighted by Crippen LogP contribution is 2.32. The van der Waals surface area contributed by atoms with Crippen LogP contribution in [-0.2, 0) is 0 Å². The second-order valence-electron chi connectivity index (χ2n) is 6.17. The Hall–Kier alpha value is -2.94. The molecule has 1 fully saturated rings. The maximum Gasteiger partial charge on any atom is 0.259 e. The van der Waals surface area contributed by atoms with E-state index in [9.17, 15) is 13.6 Å². The Morgan fingerprint density at radius 1 is 1.22 bits per heavy atom. The number of aromatic nitrogens is 3. The van der Waals surface area contributed by atoms with E-state index in [1.54, 1.807) is 12.1 Å². The fourth-order valence-electron chi connectivity index (χ4n) is 3.21. The van der Waals surface area contributed by atoms with Crippen molar-refractivity contribution in [3.8, 4) is 0 Å². The van der Waals surface area contributed by atoms with Crippen LogP contribution in [0.15, 0.2) is 42.0 Å². The van der Waals surface area contributed by atoms with Gasteiger partial charge in [-0.3, -0.25) is 10.1 Å². The molecule has 1 N–H and O–H groups in total. The van der Waals surface area contributed by atoms with Gasteiger partial charge in [-0.05, 0) is 30.7 Å². The SMILES string of the molecule is O=C(Nc1nncs1)c1ccc(N2CCC(c3c(F)cccc3F)C2)nc1. The number of pyridine rings is 1. The van der Waals surface area contributed by atoms with Gasteiger partial charge in [-0.1, -0.05) is 17.4 Å². The minimum atomic E-state index is -0.515. The first-order valence-electron chi connectivity index (χ1n) is 8.34. The Labute approximate surface area is 157 Å². The van der Waals surface area contributed by atoms with E-state index in [0.717, 1.165) is 0 Å². The van der Waals surface area contributed by atoms with Gasteiger partial charge in [0, 0.05) is 30.8 Å². The topological polar surface area (TPSA) is 71.0 Å². The molecule has 3 heterocycles. The second kappa shape index (κ2) is 7.36. The molecule has 0 spiro atoms. The largest absolute Gasteiger partial charge is 0.356 e. The summed E-state index contributed by atoms with van der Waals surface area (Å²) in [7, 11) is 0. The lowest BCUT2D eigenvalue weighted by atomic mass is 9.97. The average Bonchev–Trinajstić information content (AvgIpc) is 3.34. The lowest BCUT2D eigenvalue weighted by Crippen LogP contribution is -2.21. The molecule has 27 heavy (non-hydrogen) atoms. The third-order valence-corrected chi connectivity index (χ3v) is 5.12.